The van der Waals surface area contributed by atoms with Gasteiger partial charge in [-0.05, 0) is 44.0 Å². The van der Waals surface area contributed by atoms with Crippen LogP contribution in [-0.2, 0) is 25.9 Å². The molecule has 0 aromatic heterocycles. The highest BCUT2D eigenvalue weighted by Gasteiger charge is 2.36. The normalized spacial score (nSPS) is 24.9. The van der Waals surface area contributed by atoms with E-state index in [2.05, 4.69) is 0 Å². The molecule has 9 heteroatoms. The third-order valence-corrected chi connectivity index (χ3v) is 7.61. The van der Waals surface area contributed by atoms with E-state index in [1.165, 1.54) is 0 Å². The maximum absolute atomic E-state index is 13.2. The van der Waals surface area contributed by atoms with Gasteiger partial charge in [0.2, 0.25) is 5.91 Å². The molecule has 3 aliphatic heterocycles. The Labute approximate surface area is 178 Å². The number of likely N-dealkylation sites (N-methyl/N-ethyl adjacent to an activating group) is 1. The van der Waals surface area contributed by atoms with Crippen LogP contribution in [-0.4, -0.2) is 87.7 Å². The molecule has 30 heavy (non-hydrogen) atoms. The molecule has 8 nitrogen and oxygen atoms in total. The summed E-state index contributed by atoms with van der Waals surface area (Å²) in [6.45, 7) is 3.07. The molecule has 0 saturated carbocycles. The number of ether oxygens (including phenoxy) is 3. The number of carbonyl (C=O) groups is 1. The molecule has 1 aromatic carbocycles. The topological polar surface area (TPSA) is 85.4 Å². The summed E-state index contributed by atoms with van der Waals surface area (Å²) in [6, 6.07) is 5.56. The number of hydrogen-bond donors (Lipinski definition) is 0. The van der Waals surface area contributed by atoms with E-state index in [1.807, 2.05) is 30.1 Å². The number of benzene rings is 1. The summed E-state index contributed by atoms with van der Waals surface area (Å²) in [7, 11) is -1.17. The Bertz CT molecular complexity index is 868. The van der Waals surface area contributed by atoms with E-state index in [0.29, 0.717) is 39.3 Å². The number of rotatable bonds is 7. The van der Waals surface area contributed by atoms with Crippen molar-refractivity contribution in [3.63, 3.8) is 0 Å². The van der Waals surface area contributed by atoms with Crippen molar-refractivity contribution in [2.45, 2.75) is 38.0 Å². The van der Waals surface area contributed by atoms with Crippen LogP contribution in [0.2, 0.25) is 0 Å². The SMILES string of the molecule is CN(CC(=O)N(CC1CCCO1)C1CCS(=O)(=O)C1)Cc1ccc2c(c1)OCCO2. The summed E-state index contributed by atoms with van der Waals surface area (Å²) in [6.07, 6.45) is 2.41. The van der Waals surface area contributed by atoms with Gasteiger partial charge in [-0.2, -0.15) is 0 Å². The van der Waals surface area contributed by atoms with Crippen molar-refractivity contribution in [2.24, 2.45) is 0 Å². The van der Waals surface area contributed by atoms with E-state index >= 15 is 0 Å². The van der Waals surface area contributed by atoms with Crippen LogP contribution in [0.4, 0.5) is 0 Å². The molecule has 1 amide bonds. The van der Waals surface area contributed by atoms with Gasteiger partial charge in [0.15, 0.2) is 21.3 Å². The fourth-order valence-electron chi connectivity index (χ4n) is 4.36. The number of carbonyl (C=O) groups excluding carboxylic acids is 1. The monoisotopic (exact) mass is 438 g/mol. The van der Waals surface area contributed by atoms with Crippen LogP contribution in [0.5, 0.6) is 11.5 Å². The van der Waals surface area contributed by atoms with E-state index in [1.54, 1.807) is 4.90 Å². The molecule has 2 fully saturated rings. The largest absolute Gasteiger partial charge is 0.486 e. The van der Waals surface area contributed by atoms with Gasteiger partial charge in [0.25, 0.3) is 0 Å². The molecule has 0 spiro atoms. The summed E-state index contributed by atoms with van der Waals surface area (Å²) in [5.74, 6) is 1.63. The molecular formula is C21H30N2O6S. The van der Waals surface area contributed by atoms with E-state index < -0.39 is 9.84 Å². The molecule has 3 heterocycles. The Morgan fingerprint density at radius 2 is 1.93 bits per heavy atom. The van der Waals surface area contributed by atoms with Gasteiger partial charge in [0.05, 0.1) is 24.2 Å². The van der Waals surface area contributed by atoms with Crippen molar-refractivity contribution in [1.82, 2.24) is 9.80 Å². The number of nitrogens with zero attached hydrogens (tertiary/aromatic N) is 2. The highest BCUT2D eigenvalue weighted by Crippen LogP contribution is 2.31. The number of fused-ring (bicyclic) bond motifs is 1. The maximum atomic E-state index is 13.2. The van der Waals surface area contributed by atoms with Gasteiger partial charge in [-0.25, -0.2) is 8.42 Å². The predicted molar refractivity (Wildman–Crippen MR) is 112 cm³/mol. The minimum absolute atomic E-state index is 0.000329. The van der Waals surface area contributed by atoms with Crippen LogP contribution >= 0.6 is 0 Å². The highest BCUT2D eigenvalue weighted by atomic mass is 32.2. The van der Waals surface area contributed by atoms with Crippen molar-refractivity contribution < 1.29 is 27.4 Å². The fourth-order valence-corrected chi connectivity index (χ4v) is 6.09. The molecule has 4 rings (SSSR count). The Morgan fingerprint density at radius 3 is 2.63 bits per heavy atom. The lowest BCUT2D eigenvalue weighted by Crippen LogP contribution is -2.48. The van der Waals surface area contributed by atoms with Crippen molar-refractivity contribution in [1.29, 1.82) is 0 Å². The van der Waals surface area contributed by atoms with Crippen LogP contribution in [0.1, 0.15) is 24.8 Å². The molecule has 166 valence electrons. The Balaban J connectivity index is 1.39. The fraction of sp³-hybridized carbons (Fsp3) is 0.667. The summed E-state index contributed by atoms with van der Waals surface area (Å²) in [4.78, 5) is 16.8. The van der Waals surface area contributed by atoms with Gasteiger partial charge in [0.1, 0.15) is 13.2 Å². The van der Waals surface area contributed by atoms with Gasteiger partial charge < -0.3 is 19.1 Å². The molecule has 0 N–H and O–H groups in total. The first-order valence-electron chi connectivity index (χ1n) is 10.6. The first-order chi connectivity index (χ1) is 14.4. The van der Waals surface area contributed by atoms with Crippen LogP contribution in [0.3, 0.4) is 0 Å². The third kappa shape index (κ3) is 5.25. The molecule has 2 unspecified atom stereocenters. The van der Waals surface area contributed by atoms with Crippen molar-refractivity contribution in [3.8, 4) is 11.5 Å². The number of sulfone groups is 1. The molecule has 0 aliphatic carbocycles. The summed E-state index contributed by atoms with van der Waals surface area (Å²) >= 11 is 0. The van der Waals surface area contributed by atoms with Crippen LogP contribution < -0.4 is 9.47 Å². The minimum atomic E-state index is -3.07. The molecule has 0 bridgehead atoms. The van der Waals surface area contributed by atoms with Crippen molar-refractivity contribution >= 4 is 15.7 Å². The van der Waals surface area contributed by atoms with Crippen LogP contribution in [0, 0.1) is 0 Å². The van der Waals surface area contributed by atoms with Crippen molar-refractivity contribution in [3.05, 3.63) is 23.8 Å². The molecule has 2 saturated heterocycles. The van der Waals surface area contributed by atoms with Crippen molar-refractivity contribution in [2.75, 3.05) is 51.5 Å². The van der Waals surface area contributed by atoms with Gasteiger partial charge in [0, 0.05) is 25.7 Å². The van der Waals surface area contributed by atoms with Gasteiger partial charge in [-0.15, -0.1) is 0 Å². The van der Waals surface area contributed by atoms with E-state index in [-0.39, 0.29) is 36.1 Å². The smallest absolute Gasteiger partial charge is 0.237 e. The Kier molecular flexibility index (Phi) is 6.50. The zero-order valence-electron chi connectivity index (χ0n) is 17.4. The average molecular weight is 439 g/mol. The molecule has 2 atom stereocenters. The van der Waals surface area contributed by atoms with Gasteiger partial charge in [-0.3, -0.25) is 9.69 Å². The van der Waals surface area contributed by atoms with Crippen LogP contribution in [0.25, 0.3) is 0 Å². The summed E-state index contributed by atoms with van der Waals surface area (Å²) in [5, 5.41) is 0. The first kappa shape index (κ1) is 21.4. The molecular weight excluding hydrogens is 408 g/mol. The first-order valence-corrected chi connectivity index (χ1v) is 12.4. The third-order valence-electron chi connectivity index (χ3n) is 5.86. The summed E-state index contributed by atoms with van der Waals surface area (Å²) in [5.41, 5.74) is 1.03. The number of hydrogen-bond acceptors (Lipinski definition) is 7. The maximum Gasteiger partial charge on any atom is 0.237 e. The minimum Gasteiger partial charge on any atom is -0.486 e. The Morgan fingerprint density at radius 1 is 1.13 bits per heavy atom. The Hall–Kier alpha value is -1.84. The molecule has 3 aliphatic rings. The van der Waals surface area contributed by atoms with E-state index in [4.69, 9.17) is 14.2 Å². The quantitative estimate of drug-likeness (QED) is 0.630. The summed E-state index contributed by atoms with van der Waals surface area (Å²) < 4.78 is 40.9. The van der Waals surface area contributed by atoms with Gasteiger partial charge >= 0.3 is 0 Å². The van der Waals surface area contributed by atoms with Gasteiger partial charge in [-0.1, -0.05) is 6.07 Å². The van der Waals surface area contributed by atoms with Crippen LogP contribution in [0.15, 0.2) is 18.2 Å². The molecule has 0 radical (unpaired) electrons. The highest BCUT2D eigenvalue weighted by molar-refractivity contribution is 7.91. The zero-order chi connectivity index (χ0) is 21.1. The lowest BCUT2D eigenvalue weighted by Gasteiger charge is -2.32. The second-order valence-electron chi connectivity index (χ2n) is 8.39. The number of amides is 1. The second-order valence-corrected chi connectivity index (χ2v) is 10.6. The van der Waals surface area contributed by atoms with E-state index in [0.717, 1.165) is 29.9 Å². The van der Waals surface area contributed by atoms with E-state index in [9.17, 15) is 13.2 Å². The lowest BCUT2D eigenvalue weighted by molar-refractivity contribution is -0.135. The second kappa shape index (κ2) is 9.11. The average Bonchev–Trinajstić information content (AvgIpc) is 3.34. The molecule has 1 aromatic rings. The lowest BCUT2D eigenvalue weighted by atomic mass is 10.1. The standard InChI is InChI=1S/C21H30N2O6S/c1-22(12-16-4-5-19-20(11-16)29-9-8-28-19)14-21(24)23(13-18-3-2-7-27-18)17-6-10-30(25,26)15-17/h4-5,11,17-18H,2-3,6-10,12-15H2,1H3. The predicted octanol–water partition coefficient (Wildman–Crippen LogP) is 1.08. The zero-order valence-corrected chi connectivity index (χ0v) is 18.2.